The normalized spacial score (nSPS) is 22.3. The molecule has 15 heavy (non-hydrogen) atoms. The van der Waals surface area contributed by atoms with Gasteiger partial charge in [-0.3, -0.25) is 0 Å². The highest BCUT2D eigenvalue weighted by atomic mass is 16.4. The number of hydrogen-bond donors (Lipinski definition) is 3. The number of carbonyl (C=O) groups is 1. The molecule has 1 fully saturated rings. The smallest absolute Gasteiger partial charge is 0.336 e. The Morgan fingerprint density at radius 3 is 2.53 bits per heavy atom. The van der Waals surface area contributed by atoms with Gasteiger partial charge < -0.3 is 15.5 Å². The third kappa shape index (κ3) is 4.18. The second-order valence-corrected chi connectivity index (χ2v) is 4.71. The molecule has 1 unspecified atom stereocenters. The number of carboxylic acids is 1. The van der Waals surface area contributed by atoms with Crippen molar-refractivity contribution in [2.75, 3.05) is 13.1 Å². The molecular formula is C11H21NO3. The fourth-order valence-corrected chi connectivity index (χ4v) is 1.99. The summed E-state index contributed by atoms with van der Waals surface area (Å²) in [5.74, 6) is -0.512. The molecule has 1 rings (SSSR count). The Morgan fingerprint density at radius 1 is 1.40 bits per heavy atom. The zero-order valence-corrected chi connectivity index (χ0v) is 9.33. The maximum Gasteiger partial charge on any atom is 0.336 e. The van der Waals surface area contributed by atoms with Crippen LogP contribution in [0.2, 0.25) is 0 Å². The first-order valence-electron chi connectivity index (χ1n) is 5.69. The van der Waals surface area contributed by atoms with E-state index in [1.807, 2.05) is 0 Å². The number of carboxylic acid groups (broad SMARTS) is 1. The van der Waals surface area contributed by atoms with E-state index in [1.165, 1.54) is 39.0 Å². The first-order chi connectivity index (χ1) is 7.02. The van der Waals surface area contributed by atoms with Crippen LogP contribution in [0, 0.1) is 5.92 Å². The van der Waals surface area contributed by atoms with E-state index in [4.69, 9.17) is 5.11 Å². The van der Waals surface area contributed by atoms with Gasteiger partial charge in [-0.05, 0) is 32.2 Å². The lowest BCUT2D eigenvalue weighted by atomic mass is 9.89. The van der Waals surface area contributed by atoms with Crippen LogP contribution in [0.15, 0.2) is 0 Å². The Labute approximate surface area is 90.7 Å². The van der Waals surface area contributed by atoms with Crippen LogP contribution >= 0.6 is 0 Å². The summed E-state index contributed by atoms with van der Waals surface area (Å²) in [7, 11) is 0. The number of nitrogens with one attached hydrogen (secondary N) is 1. The standard InChI is InChI=1S/C11H21NO3/c1-11(15,10(13)14)8-12-7-9-5-3-2-4-6-9/h9,12,15H,2-8H2,1H3,(H,13,14). The molecule has 1 aliphatic rings. The van der Waals surface area contributed by atoms with Gasteiger partial charge in [-0.25, -0.2) is 4.79 Å². The topological polar surface area (TPSA) is 69.6 Å². The Balaban J connectivity index is 2.17. The summed E-state index contributed by atoms with van der Waals surface area (Å²) in [5, 5.41) is 21.2. The van der Waals surface area contributed by atoms with E-state index in [0.717, 1.165) is 6.54 Å². The van der Waals surface area contributed by atoms with E-state index in [2.05, 4.69) is 5.32 Å². The minimum absolute atomic E-state index is 0.124. The molecule has 0 saturated heterocycles. The lowest BCUT2D eigenvalue weighted by Crippen LogP contribution is -2.46. The van der Waals surface area contributed by atoms with Crippen molar-refractivity contribution < 1.29 is 15.0 Å². The van der Waals surface area contributed by atoms with E-state index < -0.39 is 11.6 Å². The Morgan fingerprint density at radius 2 is 2.00 bits per heavy atom. The monoisotopic (exact) mass is 215 g/mol. The molecule has 0 heterocycles. The van der Waals surface area contributed by atoms with Crippen molar-refractivity contribution in [3.8, 4) is 0 Å². The summed E-state index contributed by atoms with van der Waals surface area (Å²) in [6.45, 7) is 2.27. The molecule has 1 aliphatic carbocycles. The predicted molar refractivity (Wildman–Crippen MR) is 57.7 cm³/mol. The van der Waals surface area contributed by atoms with E-state index in [1.54, 1.807) is 0 Å². The van der Waals surface area contributed by atoms with Gasteiger partial charge in [0.25, 0.3) is 0 Å². The van der Waals surface area contributed by atoms with Gasteiger partial charge in [-0.1, -0.05) is 19.3 Å². The minimum Gasteiger partial charge on any atom is -0.479 e. The molecule has 3 N–H and O–H groups in total. The highest BCUT2D eigenvalue weighted by molar-refractivity contribution is 5.76. The summed E-state index contributed by atoms with van der Waals surface area (Å²) in [6, 6.07) is 0. The van der Waals surface area contributed by atoms with Crippen LogP contribution in [-0.2, 0) is 4.79 Å². The zero-order valence-electron chi connectivity index (χ0n) is 9.33. The minimum atomic E-state index is -1.64. The molecule has 0 spiro atoms. The van der Waals surface area contributed by atoms with Crippen molar-refractivity contribution in [1.29, 1.82) is 0 Å². The van der Waals surface area contributed by atoms with Crippen LogP contribution in [0.3, 0.4) is 0 Å². The van der Waals surface area contributed by atoms with E-state index in [0.29, 0.717) is 5.92 Å². The Hall–Kier alpha value is -0.610. The number of rotatable bonds is 5. The number of aliphatic carboxylic acids is 1. The van der Waals surface area contributed by atoms with Gasteiger partial charge >= 0.3 is 5.97 Å². The summed E-state index contributed by atoms with van der Waals surface area (Å²) in [5.41, 5.74) is -1.64. The third-order valence-electron chi connectivity index (χ3n) is 3.09. The van der Waals surface area contributed by atoms with Gasteiger partial charge in [-0.15, -0.1) is 0 Å². The Kier molecular flexibility index (Phi) is 4.54. The van der Waals surface area contributed by atoms with Crippen LogP contribution in [0.25, 0.3) is 0 Å². The highest BCUT2D eigenvalue weighted by Crippen LogP contribution is 2.22. The van der Waals surface area contributed by atoms with Crippen LogP contribution in [0.4, 0.5) is 0 Å². The van der Waals surface area contributed by atoms with Crippen molar-refractivity contribution >= 4 is 5.97 Å². The molecule has 0 radical (unpaired) electrons. The second-order valence-electron chi connectivity index (χ2n) is 4.71. The fraction of sp³-hybridized carbons (Fsp3) is 0.909. The third-order valence-corrected chi connectivity index (χ3v) is 3.09. The molecule has 88 valence electrons. The maximum atomic E-state index is 10.6. The number of aliphatic hydroxyl groups is 1. The lowest BCUT2D eigenvalue weighted by Gasteiger charge is -2.24. The molecule has 0 bridgehead atoms. The average Bonchev–Trinajstić information content (AvgIpc) is 2.19. The van der Waals surface area contributed by atoms with Crippen molar-refractivity contribution in [3.05, 3.63) is 0 Å². The fourth-order valence-electron chi connectivity index (χ4n) is 1.99. The molecular weight excluding hydrogens is 194 g/mol. The van der Waals surface area contributed by atoms with Crippen LogP contribution in [0.5, 0.6) is 0 Å². The highest BCUT2D eigenvalue weighted by Gasteiger charge is 2.29. The van der Waals surface area contributed by atoms with Gasteiger partial charge in [0.1, 0.15) is 0 Å². The molecule has 0 aromatic rings. The van der Waals surface area contributed by atoms with E-state index in [-0.39, 0.29) is 6.54 Å². The summed E-state index contributed by atoms with van der Waals surface area (Å²) in [6.07, 6.45) is 6.33. The van der Waals surface area contributed by atoms with E-state index in [9.17, 15) is 9.90 Å². The largest absolute Gasteiger partial charge is 0.479 e. The lowest BCUT2D eigenvalue weighted by molar-refractivity contribution is -0.156. The second kappa shape index (κ2) is 5.47. The van der Waals surface area contributed by atoms with Crippen molar-refractivity contribution in [1.82, 2.24) is 5.32 Å². The van der Waals surface area contributed by atoms with Crippen molar-refractivity contribution in [2.45, 2.75) is 44.6 Å². The molecule has 0 aromatic heterocycles. The summed E-state index contributed by atoms with van der Waals surface area (Å²) < 4.78 is 0. The first kappa shape index (κ1) is 12.5. The number of hydrogen-bond acceptors (Lipinski definition) is 3. The Bertz CT molecular complexity index is 210. The quantitative estimate of drug-likeness (QED) is 0.639. The summed E-state index contributed by atoms with van der Waals surface area (Å²) in [4.78, 5) is 10.6. The molecule has 1 saturated carbocycles. The van der Waals surface area contributed by atoms with Crippen molar-refractivity contribution in [3.63, 3.8) is 0 Å². The van der Waals surface area contributed by atoms with Gasteiger partial charge in [0, 0.05) is 6.54 Å². The average molecular weight is 215 g/mol. The molecule has 4 nitrogen and oxygen atoms in total. The zero-order chi connectivity index (χ0) is 11.3. The van der Waals surface area contributed by atoms with E-state index >= 15 is 0 Å². The van der Waals surface area contributed by atoms with Gasteiger partial charge in [0.05, 0.1) is 0 Å². The van der Waals surface area contributed by atoms with Gasteiger partial charge in [-0.2, -0.15) is 0 Å². The molecule has 1 atom stereocenters. The van der Waals surface area contributed by atoms with Crippen LogP contribution in [-0.4, -0.2) is 34.9 Å². The first-order valence-corrected chi connectivity index (χ1v) is 5.69. The van der Waals surface area contributed by atoms with Crippen LogP contribution in [0.1, 0.15) is 39.0 Å². The van der Waals surface area contributed by atoms with Crippen LogP contribution < -0.4 is 5.32 Å². The van der Waals surface area contributed by atoms with Gasteiger partial charge in [0.2, 0.25) is 0 Å². The molecule has 0 aromatic carbocycles. The molecule has 0 amide bonds. The predicted octanol–water partition coefficient (Wildman–Crippen LogP) is 0.992. The molecule has 4 heteroatoms. The van der Waals surface area contributed by atoms with Gasteiger partial charge in [0.15, 0.2) is 5.60 Å². The van der Waals surface area contributed by atoms with Crippen molar-refractivity contribution in [2.24, 2.45) is 5.92 Å². The molecule has 0 aliphatic heterocycles. The summed E-state index contributed by atoms with van der Waals surface area (Å²) >= 11 is 0. The maximum absolute atomic E-state index is 10.6. The SMILES string of the molecule is CC(O)(CNCC1CCCCC1)C(=O)O.